The molecule has 0 spiro atoms. The van der Waals surface area contributed by atoms with Crippen molar-refractivity contribution in [1.82, 2.24) is 10.6 Å². The number of carbonyl (C=O) groups excluding carboxylic acids is 6. The summed E-state index contributed by atoms with van der Waals surface area (Å²) in [5.41, 5.74) is 0.687. The van der Waals surface area contributed by atoms with E-state index in [2.05, 4.69) is 33.1 Å². The van der Waals surface area contributed by atoms with Gasteiger partial charge in [-0.25, -0.2) is 9.59 Å². The number of ether oxygens (including phenoxy) is 4. The number of anilines is 2. The van der Waals surface area contributed by atoms with Crippen LogP contribution in [0, 0.1) is 0 Å². The number of rotatable bonds is 5. The van der Waals surface area contributed by atoms with Crippen LogP contribution in [0.2, 0.25) is 0 Å². The van der Waals surface area contributed by atoms with Gasteiger partial charge in [-0.2, -0.15) is 0 Å². The van der Waals surface area contributed by atoms with E-state index in [-0.39, 0.29) is 36.6 Å². The van der Waals surface area contributed by atoms with Gasteiger partial charge in [-0.15, -0.1) is 0 Å². The zero-order chi connectivity index (χ0) is 40.3. The van der Waals surface area contributed by atoms with E-state index in [4.69, 9.17) is 18.9 Å². The van der Waals surface area contributed by atoms with E-state index in [0.29, 0.717) is 22.9 Å². The molecule has 2 aliphatic rings. The van der Waals surface area contributed by atoms with Gasteiger partial charge in [0.1, 0.15) is 48.0 Å². The van der Waals surface area contributed by atoms with Crippen LogP contribution in [0.4, 0.5) is 21.0 Å². The summed E-state index contributed by atoms with van der Waals surface area (Å²) < 4.78 is 22.5. The molecule has 0 unspecified atom stereocenters. The van der Waals surface area contributed by atoms with E-state index >= 15 is 0 Å². The number of fused-ring (bicyclic) bond motifs is 2. The Morgan fingerprint density at radius 2 is 1.19 bits per heavy atom. The number of ketones is 2. The second-order valence-electron chi connectivity index (χ2n) is 13.9. The lowest BCUT2D eigenvalue weighted by Gasteiger charge is -2.23. The molecule has 0 fully saturated rings. The molecule has 2 heterocycles. The summed E-state index contributed by atoms with van der Waals surface area (Å²) in [5, 5.41) is 5.11. The monoisotopic (exact) mass is 800 g/mol. The van der Waals surface area contributed by atoms with Crippen molar-refractivity contribution < 1.29 is 47.7 Å². The van der Waals surface area contributed by atoms with E-state index in [9.17, 15) is 28.8 Å². The van der Waals surface area contributed by atoms with Gasteiger partial charge < -0.3 is 39.4 Å². The Labute approximate surface area is 319 Å². The Morgan fingerprint density at radius 3 is 1.58 bits per heavy atom. The Kier molecular flexibility index (Phi) is 15.8. The SMILES string of the molecule is C=CC(C)=O.CC(=O)/C=C/c1ccc2c(c1)N(C)C(=O)[C@@H](NC(=O)OC(C)(C)C)CO2.CN1C(=O)[C@@H](NC(=O)OC(C)(C)C)COc2ccc(Br)cc21. The maximum Gasteiger partial charge on any atom is 0.408 e. The number of hydrogen-bond acceptors (Lipinski definition) is 10. The molecule has 0 saturated heterocycles. The van der Waals surface area contributed by atoms with Gasteiger partial charge in [0.25, 0.3) is 11.8 Å². The molecule has 0 aliphatic carbocycles. The minimum Gasteiger partial charge on any atom is -0.489 e. The highest BCUT2D eigenvalue weighted by molar-refractivity contribution is 9.10. The quantitative estimate of drug-likeness (QED) is 0.342. The highest BCUT2D eigenvalue weighted by atomic mass is 79.9. The number of halogens is 1. The molecule has 2 aromatic rings. The number of likely N-dealkylation sites (N-methyl/N-ethyl adjacent to an activating group) is 2. The number of amides is 4. The first-order valence-electron chi connectivity index (χ1n) is 16.6. The van der Waals surface area contributed by atoms with Crippen LogP contribution in [0.1, 0.15) is 61.0 Å². The van der Waals surface area contributed by atoms with Crippen LogP contribution in [0.5, 0.6) is 11.5 Å². The molecular weight excluding hydrogens is 752 g/mol. The van der Waals surface area contributed by atoms with Gasteiger partial charge in [0.15, 0.2) is 11.6 Å². The van der Waals surface area contributed by atoms with Gasteiger partial charge in [0.2, 0.25) is 0 Å². The second kappa shape index (κ2) is 19.1. The number of allylic oxidation sites excluding steroid dienone is 2. The van der Waals surface area contributed by atoms with Gasteiger partial charge >= 0.3 is 12.2 Å². The van der Waals surface area contributed by atoms with Crippen LogP contribution >= 0.6 is 15.9 Å². The first-order valence-corrected chi connectivity index (χ1v) is 17.4. The van der Waals surface area contributed by atoms with Crippen LogP contribution in [0.3, 0.4) is 0 Å². The second-order valence-corrected chi connectivity index (χ2v) is 14.8. The molecule has 288 valence electrons. The lowest BCUT2D eigenvalue weighted by molar-refractivity contribution is -0.121. The maximum absolute atomic E-state index is 12.7. The van der Waals surface area contributed by atoms with Gasteiger partial charge in [-0.05, 0) is 103 Å². The van der Waals surface area contributed by atoms with Gasteiger partial charge in [-0.1, -0.05) is 34.7 Å². The molecule has 0 saturated carbocycles. The molecule has 2 aromatic carbocycles. The van der Waals surface area contributed by atoms with Crippen LogP contribution in [0.25, 0.3) is 6.08 Å². The molecule has 0 radical (unpaired) electrons. The van der Waals surface area contributed by atoms with E-state index in [0.717, 1.165) is 10.0 Å². The van der Waals surface area contributed by atoms with Crippen molar-refractivity contribution in [3.63, 3.8) is 0 Å². The third kappa shape index (κ3) is 14.8. The highest BCUT2D eigenvalue weighted by Crippen LogP contribution is 2.34. The lowest BCUT2D eigenvalue weighted by atomic mass is 10.1. The van der Waals surface area contributed by atoms with Gasteiger partial charge in [0.05, 0.1) is 11.4 Å². The van der Waals surface area contributed by atoms with Crippen LogP contribution in [-0.2, 0) is 28.7 Å². The number of nitrogens with zero attached hydrogens (tertiary/aromatic N) is 2. The molecule has 15 heteroatoms. The summed E-state index contributed by atoms with van der Waals surface area (Å²) in [6.45, 7) is 16.7. The van der Waals surface area contributed by atoms with Crippen LogP contribution in [0.15, 0.2) is 59.6 Å². The minimum atomic E-state index is -0.863. The smallest absolute Gasteiger partial charge is 0.408 e. The average Bonchev–Trinajstić information content (AvgIpc) is 3.23. The third-order valence-electron chi connectivity index (χ3n) is 6.87. The topological polar surface area (TPSA) is 170 Å². The number of alkyl carbamates (subject to hydrolysis) is 2. The van der Waals surface area contributed by atoms with Crippen molar-refractivity contribution >= 4 is 68.9 Å². The predicted octanol–water partition coefficient (Wildman–Crippen LogP) is 6.00. The van der Waals surface area contributed by atoms with Gasteiger partial charge in [0, 0.05) is 18.6 Å². The number of benzene rings is 2. The van der Waals surface area contributed by atoms with Crippen molar-refractivity contribution in [2.45, 2.75) is 78.7 Å². The molecule has 2 N–H and O–H groups in total. The molecule has 2 atom stereocenters. The van der Waals surface area contributed by atoms with E-state index in [1.807, 2.05) is 6.07 Å². The molecule has 4 rings (SSSR count). The fourth-order valence-corrected chi connectivity index (χ4v) is 4.76. The Morgan fingerprint density at radius 1 is 0.774 bits per heavy atom. The first-order chi connectivity index (χ1) is 24.5. The maximum atomic E-state index is 12.7. The van der Waals surface area contributed by atoms with Crippen molar-refractivity contribution in [2.24, 2.45) is 0 Å². The third-order valence-corrected chi connectivity index (χ3v) is 7.37. The van der Waals surface area contributed by atoms with Crippen LogP contribution < -0.4 is 29.9 Å². The van der Waals surface area contributed by atoms with E-state index in [1.165, 1.54) is 35.8 Å². The highest BCUT2D eigenvalue weighted by Gasteiger charge is 2.33. The largest absolute Gasteiger partial charge is 0.489 e. The Bertz CT molecular complexity index is 1730. The molecular formula is C38H49BrN4O10. The standard InChI is InChI=1S/C19H24N2O5.C15H19BrN2O4.C4H6O/c1-12(22)6-7-13-8-9-16-15(10-13)21(5)17(23)14(11-25-16)20-18(24)26-19(2,3)4;1-15(2,3)22-14(20)17-10-8-21-12-6-5-9(16)7-11(12)18(4)13(10)19;1-3-4(2)5/h6-10,14H,11H2,1-5H3,(H,20,24);5-7,10H,8H2,1-4H3,(H,17,20);3H,1H2,2H3/b7-6+;;/t14-;10-;/m00./s1. The summed E-state index contributed by atoms with van der Waals surface area (Å²) >= 11 is 3.37. The summed E-state index contributed by atoms with van der Waals surface area (Å²) in [5.74, 6) is 0.485. The van der Waals surface area contributed by atoms with Crippen LogP contribution in [-0.4, -0.2) is 86.2 Å². The minimum absolute atomic E-state index is 0.00194. The predicted molar refractivity (Wildman–Crippen MR) is 205 cm³/mol. The molecule has 4 amide bonds. The summed E-state index contributed by atoms with van der Waals surface area (Å²) in [7, 11) is 3.25. The Hall–Kier alpha value is -5.18. The van der Waals surface area contributed by atoms with Crippen molar-refractivity contribution in [2.75, 3.05) is 37.1 Å². The zero-order valence-corrected chi connectivity index (χ0v) is 33.4. The fraction of sp³-hybridized carbons (Fsp3) is 0.421. The normalized spacial score (nSPS) is 16.7. The number of nitrogens with one attached hydrogen (secondary N) is 2. The molecule has 14 nitrogen and oxygen atoms in total. The summed E-state index contributed by atoms with van der Waals surface area (Å²) in [6.07, 6.45) is 3.08. The first kappa shape index (κ1) is 44.0. The zero-order valence-electron chi connectivity index (χ0n) is 31.8. The van der Waals surface area contributed by atoms with Crippen molar-refractivity contribution in [1.29, 1.82) is 0 Å². The summed E-state index contributed by atoms with van der Waals surface area (Å²) in [6, 6.07) is 9.01. The molecule has 0 bridgehead atoms. The number of hydrogen-bond donors (Lipinski definition) is 2. The van der Waals surface area contributed by atoms with E-state index in [1.54, 1.807) is 92.0 Å². The van der Waals surface area contributed by atoms with Gasteiger partial charge in [-0.3, -0.25) is 19.2 Å². The van der Waals surface area contributed by atoms with Crippen molar-refractivity contribution in [3.05, 3.63) is 65.2 Å². The summed E-state index contributed by atoms with van der Waals surface area (Å²) in [4.78, 5) is 72.7. The molecule has 53 heavy (non-hydrogen) atoms. The Balaban J connectivity index is 0.000000329. The number of carbonyl (C=O) groups is 6. The molecule has 0 aromatic heterocycles. The van der Waals surface area contributed by atoms with Crippen molar-refractivity contribution in [3.8, 4) is 11.5 Å². The fourth-order valence-electron chi connectivity index (χ4n) is 4.41. The molecule has 2 aliphatic heterocycles. The van der Waals surface area contributed by atoms with E-state index < -0.39 is 35.5 Å². The lowest BCUT2D eigenvalue weighted by Crippen LogP contribution is -2.50. The average molecular weight is 802 g/mol.